The quantitative estimate of drug-likeness (QED) is 0.469. The summed E-state index contributed by atoms with van der Waals surface area (Å²) in [5, 5.41) is 0. The van der Waals surface area contributed by atoms with Crippen molar-refractivity contribution in [2.75, 3.05) is 10.6 Å². The van der Waals surface area contributed by atoms with Crippen LogP contribution < -0.4 is 10.6 Å². The fraction of sp³-hybridized carbons (Fsp3) is 0. The normalized spacial score (nSPS) is 13.8. The third kappa shape index (κ3) is 1.87. The van der Waals surface area contributed by atoms with Gasteiger partial charge in [-0.25, -0.2) is 9.29 Å². The number of halogens is 2. The molecule has 1 aliphatic heterocycles. The summed E-state index contributed by atoms with van der Waals surface area (Å²) in [6.45, 7) is 0. The zero-order valence-corrected chi connectivity index (χ0v) is 12.2. The Balaban J connectivity index is 2.14. The minimum Gasteiger partial charge on any atom is -0.399 e. The number of nitrogen functional groups attached to an aromatic ring is 1. The summed E-state index contributed by atoms with van der Waals surface area (Å²) < 4.78 is 13.6. The first kappa shape index (κ1) is 13.0. The third-order valence-electron chi connectivity index (χ3n) is 3.06. The number of fused-ring (bicyclic) bond motifs is 1. The summed E-state index contributed by atoms with van der Waals surface area (Å²) in [5.74, 6) is -1.28. The van der Waals surface area contributed by atoms with E-state index in [-0.39, 0.29) is 5.56 Å². The average Bonchev–Trinajstić information content (AvgIpc) is 2.63. The number of hydrogen-bond acceptors (Lipinski definition) is 3. The monoisotopic (exact) mass is 382 g/mol. The van der Waals surface area contributed by atoms with Crippen LogP contribution in [-0.2, 0) is 0 Å². The predicted molar refractivity (Wildman–Crippen MR) is 81.1 cm³/mol. The molecule has 0 bridgehead atoms. The molecule has 0 atom stereocenters. The van der Waals surface area contributed by atoms with E-state index in [9.17, 15) is 14.0 Å². The lowest BCUT2D eigenvalue weighted by Gasteiger charge is -2.15. The van der Waals surface area contributed by atoms with Crippen LogP contribution in [0.3, 0.4) is 0 Å². The van der Waals surface area contributed by atoms with Crippen LogP contribution in [0.2, 0.25) is 0 Å². The first-order valence-electron chi connectivity index (χ1n) is 5.72. The van der Waals surface area contributed by atoms with Crippen LogP contribution in [0.4, 0.5) is 15.8 Å². The number of hydrogen-bond donors (Lipinski definition) is 1. The highest BCUT2D eigenvalue weighted by atomic mass is 127. The first-order chi connectivity index (χ1) is 9.49. The minimum atomic E-state index is -0.443. The Bertz CT molecular complexity index is 761. The second-order valence-corrected chi connectivity index (χ2v) is 5.51. The molecule has 4 nitrogen and oxygen atoms in total. The van der Waals surface area contributed by atoms with Gasteiger partial charge < -0.3 is 5.73 Å². The van der Waals surface area contributed by atoms with Crippen LogP contribution in [0.25, 0.3) is 0 Å². The van der Waals surface area contributed by atoms with Gasteiger partial charge in [0.2, 0.25) is 0 Å². The molecule has 0 spiro atoms. The van der Waals surface area contributed by atoms with E-state index in [0.29, 0.717) is 20.5 Å². The molecule has 2 aromatic rings. The van der Waals surface area contributed by atoms with E-state index >= 15 is 0 Å². The number of benzene rings is 2. The molecule has 0 saturated heterocycles. The fourth-order valence-corrected chi connectivity index (χ4v) is 2.86. The number of amides is 2. The molecule has 6 heteroatoms. The van der Waals surface area contributed by atoms with Crippen molar-refractivity contribution in [1.82, 2.24) is 0 Å². The van der Waals surface area contributed by atoms with E-state index in [1.165, 1.54) is 30.3 Å². The Morgan fingerprint density at radius 2 is 1.70 bits per heavy atom. The number of imide groups is 1. The molecule has 1 aliphatic rings. The molecular formula is C14H8FIN2O2. The molecule has 0 aliphatic carbocycles. The number of rotatable bonds is 1. The maximum absolute atomic E-state index is 13.1. The minimum absolute atomic E-state index is 0.273. The predicted octanol–water partition coefficient (Wildman–Crippen LogP) is 2.81. The lowest BCUT2D eigenvalue weighted by Crippen LogP contribution is -2.30. The molecule has 2 amide bonds. The van der Waals surface area contributed by atoms with E-state index in [1.54, 1.807) is 6.07 Å². The maximum atomic E-state index is 13.1. The summed E-state index contributed by atoms with van der Waals surface area (Å²) in [6, 6.07) is 8.49. The molecule has 2 N–H and O–H groups in total. The molecule has 3 rings (SSSR count). The van der Waals surface area contributed by atoms with Gasteiger partial charge in [0.05, 0.1) is 16.8 Å². The number of nitrogens with zero attached hydrogens (tertiary/aromatic N) is 1. The Hall–Kier alpha value is -1.96. The molecule has 0 radical (unpaired) electrons. The highest BCUT2D eigenvalue weighted by Crippen LogP contribution is 2.32. The van der Waals surface area contributed by atoms with Crippen molar-refractivity contribution >= 4 is 45.8 Å². The smallest absolute Gasteiger partial charge is 0.266 e. The average molecular weight is 382 g/mol. The lowest BCUT2D eigenvalue weighted by atomic mass is 10.1. The molecule has 0 fully saturated rings. The van der Waals surface area contributed by atoms with Crippen molar-refractivity contribution in [2.45, 2.75) is 0 Å². The maximum Gasteiger partial charge on any atom is 0.266 e. The van der Waals surface area contributed by atoms with Gasteiger partial charge in [0.25, 0.3) is 11.8 Å². The van der Waals surface area contributed by atoms with Crippen molar-refractivity contribution in [3.05, 3.63) is 56.9 Å². The molecule has 20 heavy (non-hydrogen) atoms. The molecule has 2 aromatic carbocycles. The number of anilines is 2. The van der Waals surface area contributed by atoms with Gasteiger partial charge in [0.1, 0.15) is 5.82 Å². The topological polar surface area (TPSA) is 63.4 Å². The SMILES string of the molecule is Nc1ccc2c(c1)C(=O)N(c1ccc(F)cc1I)C2=O. The second kappa shape index (κ2) is 4.55. The van der Waals surface area contributed by atoms with Gasteiger partial charge in [0.15, 0.2) is 0 Å². The third-order valence-corrected chi connectivity index (χ3v) is 3.93. The Morgan fingerprint density at radius 1 is 1.00 bits per heavy atom. The molecule has 100 valence electrons. The van der Waals surface area contributed by atoms with E-state index in [2.05, 4.69) is 0 Å². The van der Waals surface area contributed by atoms with E-state index in [0.717, 1.165) is 4.90 Å². The molecule has 0 saturated carbocycles. The van der Waals surface area contributed by atoms with Gasteiger partial charge in [-0.2, -0.15) is 0 Å². The van der Waals surface area contributed by atoms with Crippen LogP contribution in [0.5, 0.6) is 0 Å². The number of carbonyl (C=O) groups is 2. The van der Waals surface area contributed by atoms with Crippen molar-refractivity contribution in [3.63, 3.8) is 0 Å². The lowest BCUT2D eigenvalue weighted by molar-refractivity contribution is 0.0926. The summed E-state index contributed by atoms with van der Waals surface area (Å²) in [6.07, 6.45) is 0. The fourth-order valence-electron chi connectivity index (χ4n) is 2.14. The molecular weight excluding hydrogens is 374 g/mol. The highest BCUT2D eigenvalue weighted by molar-refractivity contribution is 14.1. The van der Waals surface area contributed by atoms with Crippen molar-refractivity contribution in [1.29, 1.82) is 0 Å². The van der Waals surface area contributed by atoms with E-state index in [4.69, 9.17) is 5.73 Å². The van der Waals surface area contributed by atoms with Gasteiger partial charge in [-0.15, -0.1) is 0 Å². The standard InChI is InChI=1S/C14H8FIN2O2/c15-7-1-4-12(11(16)5-7)18-13(19)9-3-2-8(17)6-10(9)14(18)20/h1-6H,17H2. The van der Waals surface area contributed by atoms with Crippen molar-refractivity contribution in [2.24, 2.45) is 0 Å². The number of nitrogens with two attached hydrogens (primary N) is 1. The zero-order chi connectivity index (χ0) is 14.4. The van der Waals surface area contributed by atoms with Gasteiger partial charge in [-0.05, 0) is 59.0 Å². The Kier molecular flexibility index (Phi) is 2.97. The molecule has 0 unspecified atom stereocenters. The van der Waals surface area contributed by atoms with Gasteiger partial charge in [-0.3, -0.25) is 9.59 Å². The van der Waals surface area contributed by atoms with Crippen LogP contribution in [-0.4, -0.2) is 11.8 Å². The Labute approximate surface area is 127 Å². The van der Waals surface area contributed by atoms with E-state index < -0.39 is 17.6 Å². The molecule has 1 heterocycles. The molecule has 0 aromatic heterocycles. The van der Waals surface area contributed by atoms with Crippen LogP contribution in [0.15, 0.2) is 36.4 Å². The highest BCUT2D eigenvalue weighted by Gasteiger charge is 2.37. The summed E-state index contributed by atoms with van der Waals surface area (Å²) >= 11 is 1.89. The van der Waals surface area contributed by atoms with Gasteiger partial charge in [0, 0.05) is 9.26 Å². The summed E-state index contributed by atoms with van der Waals surface area (Å²) in [5.41, 5.74) is 7.01. The largest absolute Gasteiger partial charge is 0.399 e. The summed E-state index contributed by atoms with van der Waals surface area (Å²) in [4.78, 5) is 25.7. The van der Waals surface area contributed by atoms with Crippen LogP contribution in [0, 0.1) is 9.39 Å². The zero-order valence-electron chi connectivity index (χ0n) is 10.1. The first-order valence-corrected chi connectivity index (χ1v) is 6.80. The van der Waals surface area contributed by atoms with Crippen LogP contribution >= 0.6 is 22.6 Å². The van der Waals surface area contributed by atoms with Crippen LogP contribution in [0.1, 0.15) is 20.7 Å². The van der Waals surface area contributed by atoms with E-state index in [1.807, 2.05) is 22.6 Å². The van der Waals surface area contributed by atoms with Gasteiger partial charge in [-0.1, -0.05) is 0 Å². The number of carbonyl (C=O) groups excluding carboxylic acids is 2. The van der Waals surface area contributed by atoms with Crippen molar-refractivity contribution < 1.29 is 14.0 Å². The summed E-state index contributed by atoms with van der Waals surface area (Å²) in [7, 11) is 0. The van der Waals surface area contributed by atoms with Crippen molar-refractivity contribution in [3.8, 4) is 0 Å². The van der Waals surface area contributed by atoms with Gasteiger partial charge >= 0.3 is 0 Å². The Morgan fingerprint density at radius 3 is 2.40 bits per heavy atom. The second-order valence-electron chi connectivity index (χ2n) is 4.35.